The smallest absolute Gasteiger partial charge is 0.191 e. The number of hydrogen-bond acceptors (Lipinski definition) is 4. The highest BCUT2D eigenvalue weighted by Gasteiger charge is 2.15. The zero-order valence-electron chi connectivity index (χ0n) is 18.4. The van der Waals surface area contributed by atoms with Crippen molar-refractivity contribution < 1.29 is 13.5 Å². The lowest BCUT2D eigenvalue weighted by atomic mass is 9.86. The van der Waals surface area contributed by atoms with Crippen LogP contribution >= 0.6 is 0 Å². The number of nitrogens with one attached hydrogen (secondary N) is 2. The summed E-state index contributed by atoms with van der Waals surface area (Å²) in [5.74, 6) is 0.593. The first kappa shape index (κ1) is 23.9. The molecule has 0 amide bonds. The summed E-state index contributed by atoms with van der Waals surface area (Å²) in [6.45, 7) is 9.87. The predicted molar refractivity (Wildman–Crippen MR) is 122 cm³/mol. The van der Waals surface area contributed by atoms with Gasteiger partial charge in [0, 0.05) is 19.3 Å². The first-order valence-electron chi connectivity index (χ1n) is 10.1. The standard InChI is InChI=1S/C23H33N3O3S/c1-6-24-22(25-15-17-7-13-20(14-8-17)30(5,28)29)26-16-21(27)18-9-11-19(12-10-18)23(2,3)4/h7-14,21,27H,6,15-16H2,1-5H3,(H2,24,25,26). The van der Waals surface area contributed by atoms with Gasteiger partial charge >= 0.3 is 0 Å². The van der Waals surface area contributed by atoms with Crippen LogP contribution in [0.2, 0.25) is 0 Å². The summed E-state index contributed by atoms with van der Waals surface area (Å²) in [4.78, 5) is 4.81. The van der Waals surface area contributed by atoms with Gasteiger partial charge in [0.1, 0.15) is 0 Å². The van der Waals surface area contributed by atoms with Gasteiger partial charge in [0.15, 0.2) is 15.8 Å². The number of hydrogen-bond donors (Lipinski definition) is 3. The molecule has 0 fully saturated rings. The summed E-state index contributed by atoms with van der Waals surface area (Å²) in [6.07, 6.45) is 0.534. The maximum Gasteiger partial charge on any atom is 0.191 e. The fourth-order valence-electron chi connectivity index (χ4n) is 2.87. The molecule has 0 bridgehead atoms. The van der Waals surface area contributed by atoms with Gasteiger partial charge in [0.25, 0.3) is 0 Å². The van der Waals surface area contributed by atoms with E-state index in [9.17, 15) is 13.5 Å². The Bertz CT molecular complexity index is 945. The highest BCUT2D eigenvalue weighted by Crippen LogP contribution is 2.23. The Morgan fingerprint density at radius 2 is 1.63 bits per heavy atom. The zero-order chi connectivity index (χ0) is 22.4. The van der Waals surface area contributed by atoms with E-state index in [1.54, 1.807) is 24.3 Å². The molecule has 0 heterocycles. The summed E-state index contributed by atoms with van der Waals surface area (Å²) >= 11 is 0. The summed E-state index contributed by atoms with van der Waals surface area (Å²) in [7, 11) is -3.20. The van der Waals surface area contributed by atoms with E-state index in [1.165, 1.54) is 11.8 Å². The number of nitrogens with zero attached hydrogens (tertiary/aromatic N) is 1. The van der Waals surface area contributed by atoms with E-state index in [0.29, 0.717) is 30.5 Å². The molecule has 6 nitrogen and oxygen atoms in total. The second-order valence-corrected chi connectivity index (χ2v) is 10.4. The lowest BCUT2D eigenvalue weighted by Crippen LogP contribution is -2.39. The Hall–Kier alpha value is -2.38. The van der Waals surface area contributed by atoms with Crippen LogP contribution < -0.4 is 10.6 Å². The molecule has 1 atom stereocenters. The van der Waals surface area contributed by atoms with Gasteiger partial charge in [-0.3, -0.25) is 0 Å². The Balaban J connectivity index is 1.99. The van der Waals surface area contributed by atoms with Crippen LogP contribution in [0.25, 0.3) is 0 Å². The molecule has 1 unspecified atom stereocenters. The normalized spacial score (nSPS) is 13.7. The van der Waals surface area contributed by atoms with Gasteiger partial charge in [-0.1, -0.05) is 57.2 Å². The lowest BCUT2D eigenvalue weighted by molar-refractivity contribution is 0.181. The molecule has 0 saturated heterocycles. The van der Waals surface area contributed by atoms with Crippen molar-refractivity contribution in [3.63, 3.8) is 0 Å². The van der Waals surface area contributed by atoms with Gasteiger partial charge in [0.2, 0.25) is 0 Å². The van der Waals surface area contributed by atoms with E-state index >= 15 is 0 Å². The van der Waals surface area contributed by atoms with Crippen LogP contribution in [0.3, 0.4) is 0 Å². The van der Waals surface area contributed by atoms with Gasteiger partial charge in [0.05, 0.1) is 17.5 Å². The molecule has 0 aliphatic heterocycles. The second kappa shape index (κ2) is 10.1. The quantitative estimate of drug-likeness (QED) is 0.463. The molecule has 2 aromatic rings. The first-order valence-corrected chi connectivity index (χ1v) is 12.0. The summed E-state index contributed by atoms with van der Waals surface area (Å²) < 4.78 is 23.1. The van der Waals surface area contributed by atoms with Gasteiger partial charge in [-0.05, 0) is 41.2 Å². The predicted octanol–water partition coefficient (Wildman–Crippen LogP) is 3.18. The molecule has 0 aliphatic rings. The van der Waals surface area contributed by atoms with Crippen molar-refractivity contribution >= 4 is 15.8 Å². The number of aliphatic imine (C=N–C) groups is 1. The Kier molecular flexibility index (Phi) is 8.03. The van der Waals surface area contributed by atoms with E-state index in [1.807, 2.05) is 19.1 Å². The second-order valence-electron chi connectivity index (χ2n) is 8.38. The monoisotopic (exact) mass is 431 g/mol. The van der Waals surface area contributed by atoms with Crippen molar-refractivity contribution in [1.29, 1.82) is 0 Å². The van der Waals surface area contributed by atoms with Gasteiger partial charge in [-0.2, -0.15) is 0 Å². The van der Waals surface area contributed by atoms with Crippen LogP contribution in [0.5, 0.6) is 0 Å². The minimum atomic E-state index is -3.20. The van der Waals surface area contributed by atoms with Crippen LogP contribution in [0.4, 0.5) is 0 Å². The van der Waals surface area contributed by atoms with Crippen molar-refractivity contribution in [2.75, 3.05) is 19.3 Å². The molecular weight excluding hydrogens is 398 g/mol. The lowest BCUT2D eigenvalue weighted by Gasteiger charge is -2.20. The molecule has 7 heteroatoms. The fourth-order valence-corrected chi connectivity index (χ4v) is 3.50. The van der Waals surface area contributed by atoms with Gasteiger partial charge in [-0.15, -0.1) is 0 Å². The maximum absolute atomic E-state index is 11.6. The molecule has 2 aromatic carbocycles. The van der Waals surface area contributed by atoms with Crippen LogP contribution in [-0.2, 0) is 21.8 Å². The van der Waals surface area contributed by atoms with Crippen molar-refractivity contribution in [2.45, 2.75) is 50.7 Å². The Labute approximate surface area is 180 Å². The first-order chi connectivity index (χ1) is 14.0. The van der Waals surface area contributed by atoms with E-state index < -0.39 is 15.9 Å². The van der Waals surface area contributed by atoms with E-state index in [4.69, 9.17) is 0 Å². The highest BCUT2D eigenvalue weighted by molar-refractivity contribution is 7.90. The van der Waals surface area contributed by atoms with Crippen molar-refractivity contribution in [1.82, 2.24) is 10.6 Å². The SMILES string of the molecule is CCNC(=NCc1ccc(S(C)(=O)=O)cc1)NCC(O)c1ccc(C(C)(C)C)cc1. The van der Waals surface area contributed by atoms with E-state index in [-0.39, 0.29) is 5.41 Å². The molecule has 30 heavy (non-hydrogen) atoms. The van der Waals surface area contributed by atoms with Crippen LogP contribution in [0, 0.1) is 0 Å². The summed E-state index contributed by atoms with van der Waals surface area (Å²) in [5.41, 5.74) is 3.05. The molecule has 0 spiro atoms. The Morgan fingerprint density at radius 3 is 2.13 bits per heavy atom. The third kappa shape index (κ3) is 7.15. The highest BCUT2D eigenvalue weighted by atomic mass is 32.2. The average molecular weight is 432 g/mol. The molecule has 0 aromatic heterocycles. The Morgan fingerprint density at radius 1 is 1.03 bits per heavy atom. The van der Waals surface area contributed by atoms with E-state index in [2.05, 4.69) is 48.5 Å². The molecule has 2 rings (SSSR count). The minimum Gasteiger partial charge on any atom is -0.387 e. The largest absolute Gasteiger partial charge is 0.387 e. The van der Waals surface area contributed by atoms with E-state index in [0.717, 1.165) is 11.1 Å². The van der Waals surface area contributed by atoms with Gasteiger partial charge < -0.3 is 15.7 Å². The fraction of sp³-hybridized carbons (Fsp3) is 0.435. The van der Waals surface area contributed by atoms with Crippen molar-refractivity contribution in [3.8, 4) is 0 Å². The molecule has 0 aliphatic carbocycles. The number of aliphatic hydroxyl groups is 1. The van der Waals surface area contributed by atoms with Crippen LogP contribution in [0.1, 0.15) is 50.5 Å². The molecule has 3 N–H and O–H groups in total. The maximum atomic E-state index is 11.6. The summed E-state index contributed by atoms with van der Waals surface area (Å²) in [5, 5.41) is 16.8. The average Bonchev–Trinajstić information content (AvgIpc) is 2.69. The van der Waals surface area contributed by atoms with Gasteiger partial charge in [-0.25, -0.2) is 13.4 Å². The van der Waals surface area contributed by atoms with Crippen LogP contribution in [-0.4, -0.2) is 38.8 Å². The molecular formula is C23H33N3O3S. The number of rotatable bonds is 7. The zero-order valence-corrected chi connectivity index (χ0v) is 19.3. The molecule has 0 radical (unpaired) electrons. The minimum absolute atomic E-state index is 0.0755. The number of benzene rings is 2. The van der Waals surface area contributed by atoms with Crippen LogP contribution in [0.15, 0.2) is 58.4 Å². The van der Waals surface area contributed by atoms with Crippen molar-refractivity contribution in [3.05, 3.63) is 65.2 Å². The molecule has 0 saturated carbocycles. The third-order valence-corrected chi connectivity index (χ3v) is 5.87. The summed E-state index contributed by atoms with van der Waals surface area (Å²) in [6, 6.07) is 14.7. The third-order valence-electron chi connectivity index (χ3n) is 4.74. The topological polar surface area (TPSA) is 90.8 Å². The number of sulfone groups is 1. The number of guanidine groups is 1. The van der Waals surface area contributed by atoms with Crippen molar-refractivity contribution in [2.24, 2.45) is 4.99 Å². The number of aliphatic hydroxyl groups excluding tert-OH is 1. The molecule has 164 valence electrons.